The van der Waals surface area contributed by atoms with Gasteiger partial charge in [0, 0.05) is 35.6 Å². The quantitative estimate of drug-likeness (QED) is 0.0185. The number of carbonyl (C=O) groups is 2. The first-order chi connectivity index (χ1) is 31.0. The number of anilines is 4. The lowest BCUT2D eigenvalue weighted by Crippen LogP contribution is -2.25. The van der Waals surface area contributed by atoms with Crippen molar-refractivity contribution in [3.63, 3.8) is 0 Å². The van der Waals surface area contributed by atoms with Gasteiger partial charge in [-0.1, -0.05) is 77.6 Å². The van der Waals surface area contributed by atoms with E-state index >= 15 is 0 Å². The molecule has 0 spiro atoms. The normalized spacial score (nSPS) is 13.4. The highest BCUT2D eigenvalue weighted by atomic mass is 79.9. The van der Waals surface area contributed by atoms with Crippen molar-refractivity contribution in [2.24, 2.45) is 10.7 Å². The molecule has 4 aromatic carbocycles. The molecule has 5 aromatic rings. The lowest BCUT2D eigenvalue weighted by Gasteiger charge is -2.15. The number of aromatic nitrogens is 1. The number of hydrogen-bond acceptors (Lipinski definition) is 12. The second-order valence-corrected chi connectivity index (χ2v) is 17.7. The van der Waals surface area contributed by atoms with Crippen LogP contribution in [0.5, 0.6) is 11.5 Å². The highest BCUT2D eigenvalue weighted by Gasteiger charge is 2.19. The maximum Gasteiger partial charge on any atom is 0.206 e. The zero-order valence-electron chi connectivity index (χ0n) is 36.3. The van der Waals surface area contributed by atoms with Crippen LogP contribution in [0.15, 0.2) is 102 Å². The van der Waals surface area contributed by atoms with Crippen LogP contribution in [0.2, 0.25) is 0 Å². The molecular weight excluding hydrogens is 986 g/mol. The highest BCUT2D eigenvalue weighted by molar-refractivity contribution is 9.09. The summed E-state index contributed by atoms with van der Waals surface area (Å²) in [5.74, 6) is 1.37. The third kappa shape index (κ3) is 19.4. The van der Waals surface area contributed by atoms with Crippen LogP contribution < -0.4 is 31.6 Å². The Hall–Kier alpha value is -4.55. The van der Waals surface area contributed by atoms with Crippen LogP contribution in [-0.2, 0) is 0 Å². The lowest BCUT2D eigenvalue weighted by molar-refractivity contribution is 0.102. The van der Waals surface area contributed by atoms with Gasteiger partial charge in [0.2, 0.25) is 5.78 Å². The third-order valence-corrected chi connectivity index (χ3v) is 12.0. The van der Waals surface area contributed by atoms with Gasteiger partial charge < -0.3 is 31.6 Å². The van der Waals surface area contributed by atoms with E-state index in [0.717, 1.165) is 72.7 Å². The molecular formula is C47H60BrF2N8O4PS3. The summed E-state index contributed by atoms with van der Waals surface area (Å²) in [5.41, 5.74) is 14.0. The Morgan fingerprint density at radius 2 is 1.33 bits per heavy atom. The molecule has 19 heteroatoms. The Morgan fingerprint density at radius 1 is 0.833 bits per heavy atom. The van der Waals surface area contributed by atoms with E-state index in [4.69, 9.17) is 33.2 Å². The summed E-state index contributed by atoms with van der Waals surface area (Å²) in [7, 11) is 0. The van der Waals surface area contributed by atoms with Crippen molar-refractivity contribution in [2.45, 2.75) is 40.0 Å². The van der Waals surface area contributed by atoms with Crippen LogP contribution in [0.1, 0.15) is 65.6 Å². The fraction of sp³-hybridized carbons (Fsp3) is 0.340. The second kappa shape index (κ2) is 30.0. The Labute approximate surface area is 412 Å². The van der Waals surface area contributed by atoms with Crippen LogP contribution in [0.3, 0.4) is 0 Å². The van der Waals surface area contributed by atoms with Crippen LogP contribution in [0.25, 0.3) is 0 Å². The summed E-state index contributed by atoms with van der Waals surface area (Å²) in [5, 5.41) is 7.77. The van der Waals surface area contributed by atoms with Gasteiger partial charge in [-0.3, -0.25) is 19.4 Å². The minimum atomic E-state index is -0.468. The van der Waals surface area contributed by atoms with Crippen molar-refractivity contribution in [1.29, 1.82) is 0 Å². The maximum absolute atomic E-state index is 13.4. The average Bonchev–Trinajstić information content (AvgIpc) is 4.09. The number of nitrogens with zero attached hydrogens (tertiary/aromatic N) is 4. The molecule has 7 rings (SSSR count). The number of ether oxygens (including phenoxy) is 2. The lowest BCUT2D eigenvalue weighted by atomic mass is 10.1. The van der Waals surface area contributed by atoms with Gasteiger partial charge in [-0.2, -0.15) is 14.9 Å². The zero-order valence-corrected chi connectivity index (χ0v) is 41.7. The number of Topliss-reactive ketones (excluding diaryl/α,β-unsaturated/α-hetero) is 1. The van der Waals surface area contributed by atoms with Gasteiger partial charge in [0.1, 0.15) is 47.0 Å². The minimum absolute atomic E-state index is 0. The molecule has 2 aliphatic rings. The average molecular weight is 1050 g/mol. The number of benzene rings is 4. The number of halogens is 3. The number of nitrogens with one attached hydrogen (secondary N) is 2. The number of thiocarbonyl (C=S) groups is 1. The number of rotatable bonds is 16. The van der Waals surface area contributed by atoms with Crippen molar-refractivity contribution < 1.29 is 27.8 Å². The number of thiazole rings is 1. The molecule has 2 aliphatic heterocycles. The van der Waals surface area contributed by atoms with Crippen molar-refractivity contribution in [1.82, 2.24) is 14.8 Å². The Balaban J connectivity index is 0.000000285. The molecule has 0 aliphatic carbocycles. The molecule has 1 atom stereocenters. The highest BCUT2D eigenvalue weighted by Crippen LogP contribution is 2.30. The summed E-state index contributed by atoms with van der Waals surface area (Å²) in [4.78, 5) is 37.0. The molecule has 356 valence electrons. The number of likely N-dealkylation sites (tertiary alicyclic amines) is 2. The summed E-state index contributed by atoms with van der Waals surface area (Å²) in [6, 6.07) is 26.5. The predicted molar refractivity (Wildman–Crippen MR) is 283 cm³/mol. The van der Waals surface area contributed by atoms with E-state index in [9.17, 15) is 18.4 Å². The molecule has 0 amide bonds. The summed E-state index contributed by atoms with van der Waals surface area (Å²) < 4.78 is 37.5. The number of ketones is 2. The van der Waals surface area contributed by atoms with Crippen molar-refractivity contribution >= 4 is 105 Å². The number of amidine groups is 1. The maximum atomic E-state index is 13.4. The van der Waals surface area contributed by atoms with Gasteiger partial charge in [-0.25, -0.2) is 13.8 Å². The third-order valence-electron chi connectivity index (χ3n) is 9.68. The van der Waals surface area contributed by atoms with E-state index in [-0.39, 0.29) is 56.3 Å². The largest absolute Gasteiger partial charge is 0.492 e. The fourth-order valence-corrected chi connectivity index (χ4v) is 8.39. The molecule has 6 N–H and O–H groups in total. The monoisotopic (exact) mass is 1040 g/mol. The Morgan fingerprint density at radius 3 is 1.83 bits per heavy atom. The van der Waals surface area contributed by atoms with Crippen LogP contribution in [0, 0.1) is 11.6 Å². The molecule has 0 saturated carbocycles. The molecule has 0 bridgehead atoms. The first-order valence-corrected chi connectivity index (χ1v) is 24.2. The molecule has 2 fully saturated rings. The molecule has 1 unspecified atom stereocenters. The van der Waals surface area contributed by atoms with E-state index in [0.29, 0.717) is 27.6 Å². The topological polar surface area (TPSA) is 160 Å². The number of aliphatic imine (C=N–C) groups is 1. The molecule has 12 nitrogen and oxygen atoms in total. The van der Waals surface area contributed by atoms with Crippen molar-refractivity contribution in [2.75, 3.05) is 79.9 Å². The molecule has 0 radical (unpaired) electrons. The molecule has 66 heavy (non-hydrogen) atoms. The van der Waals surface area contributed by atoms with Gasteiger partial charge in [0.05, 0.1) is 5.33 Å². The first-order valence-electron chi connectivity index (χ1n) is 20.9. The predicted octanol–water partition coefficient (Wildman–Crippen LogP) is 10.3. The number of alkyl halides is 1. The van der Waals surface area contributed by atoms with Crippen LogP contribution >= 0.6 is 61.1 Å². The second-order valence-electron chi connectivity index (χ2n) is 14.4. The zero-order chi connectivity index (χ0) is 45.7. The summed E-state index contributed by atoms with van der Waals surface area (Å²) in [6.07, 6.45) is 5.17. The minimum Gasteiger partial charge on any atom is -0.492 e. The number of nitrogens with two attached hydrogens (primary N) is 2. The summed E-state index contributed by atoms with van der Waals surface area (Å²) >= 11 is 10.8. The molecule has 3 heterocycles. The number of hydrogen-bond donors (Lipinski definition) is 4. The molecule has 2 saturated heterocycles. The smallest absolute Gasteiger partial charge is 0.206 e. The van der Waals surface area contributed by atoms with Crippen molar-refractivity contribution in [3.05, 3.63) is 125 Å². The number of carbonyl (C=O) groups excluding carboxylic acids is 2. The van der Waals surface area contributed by atoms with Gasteiger partial charge in [-0.05, 0) is 143 Å². The number of thioether (sulfide) groups is 1. The standard InChI is InChI=1S/C22H23FN4O2S.C16H24N4OS2.C8H6BrFO.CH4.H3P/c23-16-5-3-4-15(14-16)19(28)20-21(24)26-22(30-20)25-17-6-8-18(9-7-17)29-13-12-27-10-1-2-11-27;1-2-23-15(17)19-16(22)18-13-5-7-14(8-6-13)21-12-11-20-9-3-4-10-20;9-5-8(11)6-2-1-3-7(10)4-6;;/h3-9,14H,1-2,10-13,24H2,(H,25,26);5-8H,2-4,9-12H2,1H3,(H3,17,18,19,22);1-4H,5H2;1H4;1H3. The van der Waals surface area contributed by atoms with Gasteiger partial charge >= 0.3 is 0 Å². The van der Waals surface area contributed by atoms with Gasteiger partial charge in [0.15, 0.2) is 21.2 Å². The Bertz CT molecular complexity index is 2300. The van der Waals surface area contributed by atoms with Crippen LogP contribution in [0.4, 0.5) is 31.1 Å². The SMILES string of the molecule is C.CCSC(N)=NC(=S)Nc1ccc(OCCN2CCCC2)cc1.Nc1nc(Nc2ccc(OCCN3CCCC3)cc2)sc1C(=O)c1cccc(F)c1.O=C(CBr)c1cccc(F)c1.P. The van der Waals surface area contributed by atoms with E-state index in [1.807, 2.05) is 55.5 Å². The van der Waals surface area contributed by atoms with E-state index in [1.165, 1.54) is 86.9 Å². The van der Waals surface area contributed by atoms with Gasteiger partial charge in [-0.15, -0.1) is 0 Å². The Kier molecular flexibility index (Phi) is 25.3. The van der Waals surface area contributed by atoms with Crippen molar-refractivity contribution in [3.8, 4) is 11.5 Å². The number of nitrogen functional groups attached to an aromatic ring is 1. The van der Waals surface area contributed by atoms with E-state index < -0.39 is 5.82 Å². The van der Waals surface area contributed by atoms with Gasteiger partial charge in [0.25, 0.3) is 0 Å². The van der Waals surface area contributed by atoms with Crippen LogP contribution in [-0.4, -0.2) is 100 Å². The fourth-order valence-electron chi connectivity index (χ4n) is 6.47. The van der Waals surface area contributed by atoms with E-state index in [1.54, 1.807) is 12.1 Å². The first kappa shape index (κ1) is 55.8. The van der Waals surface area contributed by atoms with E-state index in [2.05, 4.69) is 46.3 Å². The molecule has 1 aromatic heterocycles. The summed E-state index contributed by atoms with van der Waals surface area (Å²) in [6.45, 7) is 10.1.